The predicted molar refractivity (Wildman–Crippen MR) is 81.4 cm³/mol. The molecule has 3 rings (SSSR count). The molecule has 1 aliphatic heterocycles. The summed E-state index contributed by atoms with van der Waals surface area (Å²) in [6.07, 6.45) is 0. The van der Waals surface area contributed by atoms with Crippen LogP contribution in [0, 0.1) is 0 Å². The Morgan fingerprint density at radius 2 is 1.45 bits per heavy atom. The first kappa shape index (κ1) is 14.1. The maximum Gasteiger partial charge on any atom is 0.348 e. The van der Waals surface area contributed by atoms with Crippen LogP contribution in [-0.4, -0.2) is 25.9 Å². The van der Waals surface area contributed by atoms with E-state index in [1.165, 1.54) is 0 Å². The van der Waals surface area contributed by atoms with Crippen molar-refractivity contribution in [1.82, 2.24) is 0 Å². The summed E-state index contributed by atoms with van der Waals surface area (Å²) in [4.78, 5) is 16.9. The molecule has 0 saturated heterocycles. The third-order valence-corrected chi connectivity index (χ3v) is 3.58. The number of oxime groups is 1. The van der Waals surface area contributed by atoms with Crippen LogP contribution in [0.5, 0.6) is 11.5 Å². The van der Waals surface area contributed by atoms with Crippen LogP contribution in [0.3, 0.4) is 0 Å². The molecule has 0 saturated carbocycles. The van der Waals surface area contributed by atoms with Crippen LogP contribution in [0.15, 0.2) is 53.7 Å². The molecule has 5 nitrogen and oxygen atoms in total. The SMILES string of the molecule is COc1ccc(C2=NOC(=O)C2c2ccc(OC)cc2)cc1. The van der Waals surface area contributed by atoms with Gasteiger partial charge in [-0.2, -0.15) is 0 Å². The molecule has 1 heterocycles. The summed E-state index contributed by atoms with van der Waals surface area (Å²) in [6, 6.07) is 14.7. The Hall–Kier alpha value is -2.82. The van der Waals surface area contributed by atoms with Crippen LogP contribution < -0.4 is 9.47 Å². The van der Waals surface area contributed by atoms with Gasteiger partial charge in [-0.1, -0.05) is 17.3 Å². The Labute approximate surface area is 128 Å². The molecule has 0 aromatic heterocycles. The number of hydrogen-bond donors (Lipinski definition) is 0. The fourth-order valence-corrected chi connectivity index (χ4v) is 2.38. The van der Waals surface area contributed by atoms with Crippen LogP contribution in [0.2, 0.25) is 0 Å². The molecule has 0 radical (unpaired) electrons. The van der Waals surface area contributed by atoms with Crippen molar-refractivity contribution in [2.45, 2.75) is 5.92 Å². The first-order valence-corrected chi connectivity index (χ1v) is 6.80. The zero-order valence-corrected chi connectivity index (χ0v) is 12.3. The number of rotatable bonds is 4. The van der Waals surface area contributed by atoms with Crippen molar-refractivity contribution < 1.29 is 19.1 Å². The lowest BCUT2D eigenvalue weighted by Gasteiger charge is -2.11. The molecule has 0 bridgehead atoms. The second kappa shape index (κ2) is 5.89. The Balaban J connectivity index is 1.93. The third kappa shape index (κ3) is 2.53. The summed E-state index contributed by atoms with van der Waals surface area (Å²) in [5.74, 6) is 0.573. The van der Waals surface area contributed by atoms with Crippen molar-refractivity contribution in [3.63, 3.8) is 0 Å². The van der Waals surface area contributed by atoms with Crippen molar-refractivity contribution in [3.8, 4) is 11.5 Å². The quantitative estimate of drug-likeness (QED) is 0.814. The minimum Gasteiger partial charge on any atom is -0.497 e. The highest BCUT2D eigenvalue weighted by atomic mass is 16.7. The van der Waals surface area contributed by atoms with Gasteiger partial charge in [-0.25, -0.2) is 4.79 Å². The monoisotopic (exact) mass is 297 g/mol. The molecular formula is C17H15NO4. The van der Waals surface area contributed by atoms with Gasteiger partial charge in [-0.15, -0.1) is 0 Å². The average Bonchev–Trinajstić information content (AvgIpc) is 2.96. The molecule has 112 valence electrons. The second-order valence-corrected chi connectivity index (χ2v) is 4.82. The third-order valence-electron chi connectivity index (χ3n) is 3.58. The number of methoxy groups -OCH3 is 2. The average molecular weight is 297 g/mol. The van der Waals surface area contributed by atoms with Crippen LogP contribution in [0.4, 0.5) is 0 Å². The lowest BCUT2D eigenvalue weighted by molar-refractivity contribution is -0.141. The normalized spacial score (nSPS) is 16.9. The van der Waals surface area contributed by atoms with E-state index < -0.39 is 5.92 Å². The van der Waals surface area contributed by atoms with E-state index in [-0.39, 0.29) is 5.97 Å². The summed E-state index contributed by atoms with van der Waals surface area (Å²) < 4.78 is 10.3. The van der Waals surface area contributed by atoms with Crippen molar-refractivity contribution in [2.75, 3.05) is 14.2 Å². The Morgan fingerprint density at radius 1 is 0.909 bits per heavy atom. The Kier molecular flexibility index (Phi) is 3.78. The second-order valence-electron chi connectivity index (χ2n) is 4.82. The molecule has 0 amide bonds. The van der Waals surface area contributed by atoms with Gasteiger partial charge in [-0.3, -0.25) is 0 Å². The first-order chi connectivity index (χ1) is 10.7. The molecule has 22 heavy (non-hydrogen) atoms. The van der Waals surface area contributed by atoms with Gasteiger partial charge in [0, 0.05) is 5.56 Å². The number of carbonyl (C=O) groups excluding carboxylic acids is 1. The van der Waals surface area contributed by atoms with E-state index >= 15 is 0 Å². The van der Waals surface area contributed by atoms with Crippen LogP contribution in [0.1, 0.15) is 17.0 Å². The van der Waals surface area contributed by atoms with Gasteiger partial charge in [0.1, 0.15) is 23.1 Å². The van der Waals surface area contributed by atoms with Crippen molar-refractivity contribution >= 4 is 11.7 Å². The fraction of sp³-hybridized carbons (Fsp3) is 0.176. The van der Waals surface area contributed by atoms with Gasteiger partial charge in [0.05, 0.1) is 14.2 Å². The van der Waals surface area contributed by atoms with Gasteiger partial charge >= 0.3 is 5.97 Å². The van der Waals surface area contributed by atoms with Gasteiger partial charge in [0.2, 0.25) is 0 Å². The van der Waals surface area contributed by atoms with Gasteiger partial charge < -0.3 is 14.3 Å². The Morgan fingerprint density at radius 3 is 2.00 bits per heavy atom. The highest BCUT2D eigenvalue weighted by Crippen LogP contribution is 2.30. The maximum atomic E-state index is 12.0. The van der Waals surface area contributed by atoms with E-state index in [1.807, 2.05) is 48.5 Å². The van der Waals surface area contributed by atoms with E-state index in [1.54, 1.807) is 14.2 Å². The highest BCUT2D eigenvalue weighted by molar-refractivity contribution is 6.18. The summed E-state index contributed by atoms with van der Waals surface area (Å²) in [5, 5.41) is 3.94. The van der Waals surface area contributed by atoms with Crippen LogP contribution in [0.25, 0.3) is 0 Å². The lowest BCUT2D eigenvalue weighted by Crippen LogP contribution is -2.17. The van der Waals surface area contributed by atoms with Crippen molar-refractivity contribution in [2.24, 2.45) is 5.16 Å². The van der Waals surface area contributed by atoms with E-state index in [0.717, 1.165) is 22.6 Å². The minimum atomic E-state index is -0.528. The number of carbonyl (C=O) groups is 1. The molecule has 1 aliphatic rings. The zero-order valence-electron chi connectivity index (χ0n) is 12.3. The summed E-state index contributed by atoms with van der Waals surface area (Å²) in [7, 11) is 3.21. The molecule has 0 N–H and O–H groups in total. The largest absolute Gasteiger partial charge is 0.497 e. The van der Waals surface area contributed by atoms with Crippen molar-refractivity contribution in [3.05, 3.63) is 59.7 Å². The standard InChI is InChI=1S/C17H15NO4/c1-20-13-7-3-11(4-8-13)15-16(18-22-17(15)19)12-5-9-14(21-2)10-6-12/h3-10,15H,1-2H3. The molecule has 2 aromatic carbocycles. The van der Waals surface area contributed by atoms with E-state index in [9.17, 15) is 4.79 Å². The molecule has 0 fully saturated rings. The van der Waals surface area contributed by atoms with Crippen molar-refractivity contribution in [1.29, 1.82) is 0 Å². The fourth-order valence-electron chi connectivity index (χ4n) is 2.38. The van der Waals surface area contributed by atoms with Gasteiger partial charge in [0.25, 0.3) is 0 Å². The topological polar surface area (TPSA) is 57.1 Å². The number of ether oxygens (including phenoxy) is 2. The number of benzene rings is 2. The van der Waals surface area contributed by atoms with E-state index in [2.05, 4.69) is 5.16 Å². The molecule has 2 aromatic rings. The first-order valence-electron chi connectivity index (χ1n) is 6.80. The number of hydrogen-bond acceptors (Lipinski definition) is 5. The van der Waals surface area contributed by atoms with Gasteiger partial charge in [-0.05, 0) is 42.0 Å². The molecule has 1 unspecified atom stereocenters. The summed E-state index contributed by atoms with van der Waals surface area (Å²) >= 11 is 0. The van der Waals surface area contributed by atoms with Crippen LogP contribution in [-0.2, 0) is 9.63 Å². The molecule has 1 atom stereocenters. The smallest absolute Gasteiger partial charge is 0.348 e. The highest BCUT2D eigenvalue weighted by Gasteiger charge is 2.35. The molecular weight excluding hydrogens is 282 g/mol. The summed E-state index contributed by atoms with van der Waals surface area (Å²) in [6.45, 7) is 0. The van der Waals surface area contributed by atoms with Crippen LogP contribution >= 0.6 is 0 Å². The van der Waals surface area contributed by atoms with Gasteiger partial charge in [0.15, 0.2) is 0 Å². The predicted octanol–water partition coefficient (Wildman–Crippen LogP) is 2.75. The maximum absolute atomic E-state index is 12.0. The summed E-state index contributed by atoms with van der Waals surface area (Å²) in [5.41, 5.74) is 2.24. The Bertz CT molecular complexity index is 704. The molecule has 0 spiro atoms. The molecule has 5 heteroatoms. The molecule has 0 aliphatic carbocycles. The minimum absolute atomic E-state index is 0.379. The zero-order chi connectivity index (χ0) is 15.5. The number of nitrogens with zero attached hydrogens (tertiary/aromatic N) is 1. The van der Waals surface area contributed by atoms with E-state index in [0.29, 0.717) is 5.71 Å². The lowest BCUT2D eigenvalue weighted by atomic mass is 9.90. The van der Waals surface area contributed by atoms with E-state index in [4.69, 9.17) is 14.3 Å².